The highest BCUT2D eigenvalue weighted by Crippen LogP contribution is 1.79. The second kappa shape index (κ2) is 22.0. The van der Waals surface area contributed by atoms with Crippen molar-refractivity contribution in [1.82, 2.24) is 0 Å². The molecular formula is C12H28O6. The summed E-state index contributed by atoms with van der Waals surface area (Å²) in [5.41, 5.74) is 0. The van der Waals surface area contributed by atoms with Gasteiger partial charge in [-0.1, -0.05) is 0 Å². The van der Waals surface area contributed by atoms with Gasteiger partial charge in [-0.05, 0) is 13.8 Å². The van der Waals surface area contributed by atoms with E-state index in [1.165, 1.54) is 0 Å². The number of aliphatic hydroxyl groups is 2. The van der Waals surface area contributed by atoms with Crippen molar-refractivity contribution in [3.63, 3.8) is 0 Å². The molecule has 6 heteroatoms. The summed E-state index contributed by atoms with van der Waals surface area (Å²) >= 11 is 0. The molecule has 6 nitrogen and oxygen atoms in total. The average Bonchev–Trinajstić information content (AvgIpc) is 2.39. The molecule has 0 rings (SSSR count). The van der Waals surface area contributed by atoms with Gasteiger partial charge in [0.25, 0.3) is 0 Å². The van der Waals surface area contributed by atoms with Gasteiger partial charge in [-0.3, -0.25) is 0 Å². The second-order valence-electron chi connectivity index (χ2n) is 3.07. The first kappa shape index (κ1) is 20.1. The summed E-state index contributed by atoms with van der Waals surface area (Å²) in [6.45, 7) is 8.86. The summed E-state index contributed by atoms with van der Waals surface area (Å²) in [4.78, 5) is 0. The molecule has 0 amide bonds. The van der Waals surface area contributed by atoms with Crippen molar-refractivity contribution >= 4 is 0 Å². The first-order valence-electron chi connectivity index (χ1n) is 6.36. The lowest BCUT2D eigenvalue weighted by Crippen LogP contribution is -2.08. The Morgan fingerprint density at radius 1 is 0.556 bits per heavy atom. The molecule has 0 bridgehead atoms. The molecule has 0 aliphatic rings. The summed E-state index contributed by atoms with van der Waals surface area (Å²) in [6, 6.07) is 0. The smallest absolute Gasteiger partial charge is 0.0701 e. The van der Waals surface area contributed by atoms with Gasteiger partial charge in [-0.25, -0.2) is 0 Å². The molecule has 0 aliphatic heterocycles. The van der Waals surface area contributed by atoms with Crippen molar-refractivity contribution in [3.05, 3.63) is 0 Å². The summed E-state index contributed by atoms with van der Waals surface area (Å²) in [7, 11) is 0. The van der Waals surface area contributed by atoms with Crippen LogP contribution in [-0.4, -0.2) is 76.3 Å². The highest BCUT2D eigenvalue weighted by molar-refractivity contribution is 4.30. The molecule has 0 atom stereocenters. The van der Waals surface area contributed by atoms with Gasteiger partial charge in [-0.15, -0.1) is 0 Å². The standard InChI is InChI=1S/C8H18O3.C4H10O3/c1-3-9-5-7-11-8-6-10-4-2;5-1-3-7-4-2-6/h3-8H2,1-2H3;5-6H,1-4H2. The summed E-state index contributed by atoms with van der Waals surface area (Å²) in [5, 5.41) is 16.2. The summed E-state index contributed by atoms with van der Waals surface area (Å²) in [6.07, 6.45) is 0. The average molecular weight is 268 g/mol. The zero-order valence-electron chi connectivity index (χ0n) is 11.6. The van der Waals surface area contributed by atoms with Crippen LogP contribution in [-0.2, 0) is 18.9 Å². The SMILES string of the molecule is CCOCCOCCOCC.OCCOCCO. The van der Waals surface area contributed by atoms with Gasteiger partial charge in [0, 0.05) is 13.2 Å². The van der Waals surface area contributed by atoms with E-state index in [1.54, 1.807) is 0 Å². The van der Waals surface area contributed by atoms with Crippen LogP contribution < -0.4 is 0 Å². The quantitative estimate of drug-likeness (QED) is 0.488. The van der Waals surface area contributed by atoms with Gasteiger partial charge in [0.05, 0.1) is 52.9 Å². The lowest BCUT2D eigenvalue weighted by molar-refractivity contribution is 0.0195. The summed E-state index contributed by atoms with van der Waals surface area (Å²) < 4.78 is 20.0. The Bertz CT molecular complexity index is 111. The maximum absolute atomic E-state index is 8.09. The first-order valence-corrected chi connectivity index (χ1v) is 6.36. The van der Waals surface area contributed by atoms with Gasteiger partial charge >= 0.3 is 0 Å². The monoisotopic (exact) mass is 268 g/mol. The van der Waals surface area contributed by atoms with Gasteiger partial charge in [-0.2, -0.15) is 0 Å². The second-order valence-corrected chi connectivity index (χ2v) is 3.07. The largest absolute Gasteiger partial charge is 0.394 e. The molecule has 0 heterocycles. The highest BCUT2D eigenvalue weighted by Gasteiger charge is 1.87. The lowest BCUT2D eigenvalue weighted by atomic mass is 10.7. The summed E-state index contributed by atoms with van der Waals surface area (Å²) in [5.74, 6) is 0. The van der Waals surface area contributed by atoms with Crippen molar-refractivity contribution in [2.24, 2.45) is 0 Å². The Balaban J connectivity index is 0. The lowest BCUT2D eigenvalue weighted by Gasteiger charge is -2.03. The van der Waals surface area contributed by atoms with Crippen LogP contribution in [0.3, 0.4) is 0 Å². The Labute approximate surface area is 110 Å². The van der Waals surface area contributed by atoms with Crippen molar-refractivity contribution < 1.29 is 29.2 Å². The third-order valence-corrected chi connectivity index (χ3v) is 1.62. The molecule has 0 radical (unpaired) electrons. The molecule has 18 heavy (non-hydrogen) atoms. The van der Waals surface area contributed by atoms with Crippen LogP contribution in [0.15, 0.2) is 0 Å². The predicted octanol–water partition coefficient (Wildman–Crippen LogP) is 0.0636. The fraction of sp³-hybridized carbons (Fsp3) is 1.00. The van der Waals surface area contributed by atoms with E-state index in [1.807, 2.05) is 13.8 Å². The van der Waals surface area contributed by atoms with Crippen LogP contribution in [0.25, 0.3) is 0 Å². The molecule has 0 spiro atoms. The van der Waals surface area contributed by atoms with E-state index in [9.17, 15) is 0 Å². The minimum atomic E-state index is 0.0278. The molecule has 0 aromatic rings. The maximum atomic E-state index is 8.09. The number of aliphatic hydroxyl groups excluding tert-OH is 2. The van der Waals surface area contributed by atoms with Crippen LogP contribution in [0.1, 0.15) is 13.8 Å². The van der Waals surface area contributed by atoms with E-state index in [2.05, 4.69) is 4.74 Å². The molecule has 0 saturated carbocycles. The van der Waals surface area contributed by atoms with Crippen molar-refractivity contribution in [2.75, 3.05) is 66.1 Å². The van der Waals surface area contributed by atoms with E-state index in [4.69, 9.17) is 24.4 Å². The van der Waals surface area contributed by atoms with Crippen molar-refractivity contribution in [3.8, 4) is 0 Å². The van der Waals surface area contributed by atoms with E-state index in [0.29, 0.717) is 39.6 Å². The molecule has 0 fully saturated rings. The fourth-order valence-corrected chi connectivity index (χ4v) is 0.858. The topological polar surface area (TPSA) is 77.4 Å². The van der Waals surface area contributed by atoms with Crippen molar-refractivity contribution in [1.29, 1.82) is 0 Å². The van der Waals surface area contributed by atoms with Gasteiger partial charge in [0.15, 0.2) is 0 Å². The van der Waals surface area contributed by atoms with Crippen LogP contribution in [0.4, 0.5) is 0 Å². The van der Waals surface area contributed by atoms with E-state index >= 15 is 0 Å². The van der Waals surface area contributed by atoms with E-state index in [0.717, 1.165) is 13.2 Å². The van der Waals surface area contributed by atoms with E-state index < -0.39 is 0 Å². The Hall–Kier alpha value is -0.240. The van der Waals surface area contributed by atoms with Crippen LogP contribution >= 0.6 is 0 Å². The van der Waals surface area contributed by atoms with E-state index in [-0.39, 0.29) is 13.2 Å². The third kappa shape index (κ3) is 24.8. The van der Waals surface area contributed by atoms with Crippen LogP contribution in [0.5, 0.6) is 0 Å². The van der Waals surface area contributed by atoms with Gasteiger partial charge < -0.3 is 29.2 Å². The number of hydrogen-bond acceptors (Lipinski definition) is 6. The molecule has 0 aliphatic carbocycles. The molecule has 0 saturated heterocycles. The maximum Gasteiger partial charge on any atom is 0.0701 e. The molecule has 112 valence electrons. The number of hydrogen-bond donors (Lipinski definition) is 2. The Kier molecular flexibility index (Phi) is 24.5. The number of rotatable bonds is 12. The number of ether oxygens (including phenoxy) is 4. The normalized spacial score (nSPS) is 10.0. The molecular weight excluding hydrogens is 240 g/mol. The highest BCUT2D eigenvalue weighted by atomic mass is 16.5. The third-order valence-electron chi connectivity index (χ3n) is 1.62. The Morgan fingerprint density at radius 2 is 0.889 bits per heavy atom. The minimum absolute atomic E-state index is 0.0278. The first-order chi connectivity index (χ1) is 8.83. The predicted molar refractivity (Wildman–Crippen MR) is 68.8 cm³/mol. The van der Waals surface area contributed by atoms with Crippen LogP contribution in [0, 0.1) is 0 Å². The van der Waals surface area contributed by atoms with Gasteiger partial charge in [0.2, 0.25) is 0 Å². The van der Waals surface area contributed by atoms with Gasteiger partial charge in [0.1, 0.15) is 0 Å². The fourth-order valence-electron chi connectivity index (χ4n) is 0.858. The minimum Gasteiger partial charge on any atom is -0.394 e. The molecule has 2 N–H and O–H groups in total. The zero-order valence-corrected chi connectivity index (χ0v) is 11.6. The Morgan fingerprint density at radius 3 is 1.22 bits per heavy atom. The van der Waals surface area contributed by atoms with Crippen molar-refractivity contribution in [2.45, 2.75) is 13.8 Å². The van der Waals surface area contributed by atoms with Crippen LogP contribution in [0.2, 0.25) is 0 Å². The molecule has 0 unspecified atom stereocenters. The molecule has 0 aromatic carbocycles. The molecule has 0 aromatic heterocycles. The zero-order chi connectivity index (χ0) is 13.9.